The molecule has 2 aliphatic heterocycles. The first-order valence-electron chi connectivity index (χ1n) is 9.17. The number of likely N-dealkylation sites (tertiary alicyclic amines) is 2. The Kier molecular flexibility index (Phi) is 4.73. The van der Waals surface area contributed by atoms with Gasteiger partial charge in [0.15, 0.2) is 5.69 Å². The molecule has 2 aliphatic rings. The van der Waals surface area contributed by atoms with Crippen molar-refractivity contribution in [2.24, 2.45) is 5.92 Å². The van der Waals surface area contributed by atoms with Gasteiger partial charge in [0.2, 0.25) is 5.91 Å². The molecular formula is C18H23N5O3. The van der Waals surface area contributed by atoms with Crippen LogP contribution in [-0.4, -0.2) is 62.0 Å². The summed E-state index contributed by atoms with van der Waals surface area (Å²) in [5.74, 6) is 0.500. The third-order valence-corrected chi connectivity index (χ3v) is 5.46. The second kappa shape index (κ2) is 7.31. The van der Waals surface area contributed by atoms with Crippen LogP contribution in [-0.2, 0) is 11.3 Å². The molecular weight excluding hydrogens is 334 g/mol. The first kappa shape index (κ1) is 16.8. The van der Waals surface area contributed by atoms with Gasteiger partial charge in [0.1, 0.15) is 6.26 Å². The fourth-order valence-corrected chi connectivity index (χ4v) is 4.15. The van der Waals surface area contributed by atoms with Gasteiger partial charge in [-0.1, -0.05) is 5.16 Å². The van der Waals surface area contributed by atoms with Crippen LogP contribution in [0.3, 0.4) is 0 Å². The molecule has 2 fully saturated rings. The largest absolute Gasteiger partial charge is 0.364 e. The van der Waals surface area contributed by atoms with E-state index in [0.717, 1.165) is 32.4 Å². The molecule has 8 nitrogen and oxygen atoms in total. The van der Waals surface area contributed by atoms with Crippen LogP contribution in [0.1, 0.15) is 36.2 Å². The molecule has 0 saturated carbocycles. The number of carbonyl (C=O) groups excluding carboxylic acids is 2. The lowest BCUT2D eigenvalue weighted by Crippen LogP contribution is -2.57. The minimum absolute atomic E-state index is 0.0826. The molecule has 4 rings (SSSR count). The number of aryl methyl sites for hydroxylation is 1. The van der Waals surface area contributed by atoms with E-state index in [4.69, 9.17) is 4.52 Å². The number of fused-ring (bicyclic) bond motifs is 1. The summed E-state index contributed by atoms with van der Waals surface area (Å²) in [4.78, 5) is 32.9. The highest BCUT2D eigenvalue weighted by molar-refractivity contribution is 5.92. The van der Waals surface area contributed by atoms with Crippen LogP contribution >= 0.6 is 0 Å². The number of rotatable bonds is 5. The normalized spacial score (nSPS) is 23.2. The Hall–Kier alpha value is -2.64. The number of aromatic nitrogens is 3. The Bertz CT molecular complexity index is 743. The summed E-state index contributed by atoms with van der Waals surface area (Å²) in [6, 6.07) is 1.83. The van der Waals surface area contributed by atoms with Crippen molar-refractivity contribution < 1.29 is 14.1 Å². The van der Waals surface area contributed by atoms with Crippen LogP contribution in [0.25, 0.3) is 0 Å². The van der Waals surface area contributed by atoms with Crippen molar-refractivity contribution in [1.82, 2.24) is 24.5 Å². The molecule has 2 aromatic heterocycles. The predicted octanol–water partition coefficient (Wildman–Crippen LogP) is 1.41. The monoisotopic (exact) mass is 357 g/mol. The SMILES string of the molecule is O=C(c1ccon1)N1CC[C@H]2[C@H](CCC(=O)N2CCCn2ccnc2)C1. The fraction of sp³-hybridized carbons (Fsp3) is 0.556. The number of carbonyl (C=O) groups is 2. The minimum atomic E-state index is -0.0826. The summed E-state index contributed by atoms with van der Waals surface area (Å²) in [6.45, 7) is 2.95. The maximum absolute atomic E-state index is 12.5. The molecule has 0 radical (unpaired) electrons. The van der Waals surface area contributed by atoms with Gasteiger partial charge in [-0.3, -0.25) is 9.59 Å². The Balaban J connectivity index is 1.36. The minimum Gasteiger partial charge on any atom is -0.364 e. The molecule has 0 aromatic carbocycles. The molecule has 0 N–H and O–H groups in total. The van der Waals surface area contributed by atoms with Gasteiger partial charge in [-0.25, -0.2) is 4.98 Å². The van der Waals surface area contributed by atoms with Gasteiger partial charge in [-0.15, -0.1) is 0 Å². The lowest BCUT2D eigenvalue weighted by molar-refractivity contribution is -0.140. The summed E-state index contributed by atoms with van der Waals surface area (Å²) < 4.78 is 6.82. The average molecular weight is 357 g/mol. The molecule has 0 spiro atoms. The van der Waals surface area contributed by atoms with Gasteiger partial charge >= 0.3 is 0 Å². The number of amides is 2. The zero-order valence-electron chi connectivity index (χ0n) is 14.7. The lowest BCUT2D eigenvalue weighted by atomic mass is 9.83. The van der Waals surface area contributed by atoms with E-state index < -0.39 is 0 Å². The van der Waals surface area contributed by atoms with E-state index in [1.807, 2.05) is 20.6 Å². The Morgan fingerprint density at radius 2 is 2.23 bits per heavy atom. The molecule has 0 aliphatic carbocycles. The van der Waals surface area contributed by atoms with Crippen molar-refractivity contribution in [1.29, 1.82) is 0 Å². The highest BCUT2D eigenvalue weighted by Crippen LogP contribution is 2.32. The first-order chi connectivity index (χ1) is 12.7. The maximum Gasteiger partial charge on any atom is 0.276 e. The van der Waals surface area contributed by atoms with Gasteiger partial charge < -0.3 is 18.9 Å². The van der Waals surface area contributed by atoms with E-state index in [1.165, 1.54) is 6.26 Å². The van der Waals surface area contributed by atoms with E-state index in [9.17, 15) is 9.59 Å². The first-order valence-corrected chi connectivity index (χ1v) is 9.17. The summed E-state index contributed by atoms with van der Waals surface area (Å²) in [5.41, 5.74) is 0.354. The maximum atomic E-state index is 12.5. The standard InChI is InChI=1S/C18H23N5O3/c24-17-3-2-14-12-22(18(25)15-5-11-26-20-15)9-4-16(14)23(17)8-1-7-21-10-6-19-13-21/h5-6,10-11,13-14,16H,1-4,7-9,12H2/t14-,16+/m1/s1. The van der Waals surface area contributed by atoms with Gasteiger partial charge in [0.05, 0.1) is 6.33 Å². The van der Waals surface area contributed by atoms with Crippen LogP contribution in [0.5, 0.6) is 0 Å². The molecule has 2 saturated heterocycles. The van der Waals surface area contributed by atoms with E-state index in [0.29, 0.717) is 31.1 Å². The Morgan fingerprint density at radius 1 is 1.31 bits per heavy atom. The second-order valence-corrected chi connectivity index (χ2v) is 7.03. The number of nitrogens with zero attached hydrogens (tertiary/aromatic N) is 5. The van der Waals surface area contributed by atoms with E-state index in [-0.39, 0.29) is 17.9 Å². The van der Waals surface area contributed by atoms with Crippen LogP contribution < -0.4 is 0 Å². The van der Waals surface area contributed by atoms with Crippen molar-refractivity contribution in [3.8, 4) is 0 Å². The molecule has 0 bridgehead atoms. The molecule has 4 heterocycles. The van der Waals surface area contributed by atoms with Crippen molar-refractivity contribution >= 4 is 11.8 Å². The summed E-state index contributed by atoms with van der Waals surface area (Å²) in [5, 5.41) is 3.75. The zero-order chi connectivity index (χ0) is 17.9. The predicted molar refractivity (Wildman–Crippen MR) is 92.1 cm³/mol. The second-order valence-electron chi connectivity index (χ2n) is 7.03. The molecule has 2 amide bonds. The topological polar surface area (TPSA) is 84.5 Å². The van der Waals surface area contributed by atoms with E-state index >= 15 is 0 Å². The fourth-order valence-electron chi connectivity index (χ4n) is 4.15. The third-order valence-electron chi connectivity index (χ3n) is 5.46. The number of imidazole rings is 1. The quantitative estimate of drug-likeness (QED) is 0.808. The van der Waals surface area contributed by atoms with Crippen molar-refractivity contribution in [2.75, 3.05) is 19.6 Å². The molecule has 2 aromatic rings. The number of piperidine rings is 2. The van der Waals surface area contributed by atoms with Gasteiger partial charge in [0.25, 0.3) is 5.91 Å². The summed E-state index contributed by atoms with van der Waals surface area (Å²) >= 11 is 0. The zero-order valence-corrected chi connectivity index (χ0v) is 14.7. The molecule has 0 unspecified atom stereocenters. The number of hydrogen-bond acceptors (Lipinski definition) is 5. The van der Waals surface area contributed by atoms with Gasteiger partial charge in [-0.2, -0.15) is 0 Å². The van der Waals surface area contributed by atoms with Gasteiger partial charge in [0, 0.05) is 57.1 Å². The molecule has 8 heteroatoms. The van der Waals surface area contributed by atoms with Crippen LogP contribution in [0, 0.1) is 5.92 Å². The van der Waals surface area contributed by atoms with Crippen LogP contribution in [0.15, 0.2) is 35.6 Å². The average Bonchev–Trinajstić information content (AvgIpc) is 3.36. The Labute approximate surface area is 151 Å². The van der Waals surface area contributed by atoms with Crippen molar-refractivity contribution in [2.45, 2.75) is 38.3 Å². The number of hydrogen-bond donors (Lipinski definition) is 0. The molecule has 2 atom stereocenters. The van der Waals surface area contributed by atoms with Crippen molar-refractivity contribution in [3.05, 3.63) is 36.7 Å². The third kappa shape index (κ3) is 3.36. The Morgan fingerprint density at radius 3 is 3.00 bits per heavy atom. The highest BCUT2D eigenvalue weighted by atomic mass is 16.5. The van der Waals surface area contributed by atoms with Crippen LogP contribution in [0.2, 0.25) is 0 Å². The molecule has 26 heavy (non-hydrogen) atoms. The highest BCUT2D eigenvalue weighted by Gasteiger charge is 2.40. The summed E-state index contributed by atoms with van der Waals surface area (Å²) in [6.07, 6.45) is 10.1. The smallest absolute Gasteiger partial charge is 0.276 e. The van der Waals surface area contributed by atoms with E-state index in [2.05, 4.69) is 10.1 Å². The van der Waals surface area contributed by atoms with Crippen LogP contribution in [0.4, 0.5) is 0 Å². The van der Waals surface area contributed by atoms with E-state index in [1.54, 1.807) is 18.6 Å². The summed E-state index contributed by atoms with van der Waals surface area (Å²) in [7, 11) is 0. The van der Waals surface area contributed by atoms with Gasteiger partial charge in [-0.05, 0) is 25.2 Å². The van der Waals surface area contributed by atoms with Crippen molar-refractivity contribution in [3.63, 3.8) is 0 Å². The lowest BCUT2D eigenvalue weighted by Gasteiger charge is -2.47. The molecule has 138 valence electrons.